The van der Waals surface area contributed by atoms with Gasteiger partial charge in [-0.1, -0.05) is 54.2 Å². The molecule has 1 aliphatic heterocycles. The molecule has 0 radical (unpaired) electrons. The molecule has 0 saturated carbocycles. The molecular weight excluding hydrogens is 452 g/mol. The number of rotatable bonds is 3. The summed E-state index contributed by atoms with van der Waals surface area (Å²) in [7, 11) is 0. The average molecular weight is 479 g/mol. The molecule has 1 spiro atoms. The zero-order chi connectivity index (χ0) is 23.4. The molecule has 0 bridgehead atoms. The smallest absolute Gasteiger partial charge is 0.211 e. The van der Waals surface area contributed by atoms with E-state index in [-0.39, 0.29) is 11.5 Å². The second kappa shape index (κ2) is 8.07. The Morgan fingerprint density at radius 1 is 0.886 bits per heavy atom. The number of nitrogens with zero attached hydrogens (tertiary/aromatic N) is 5. The Labute approximate surface area is 208 Å². The summed E-state index contributed by atoms with van der Waals surface area (Å²) in [6.45, 7) is 1.90. The van der Waals surface area contributed by atoms with Gasteiger partial charge in [0.25, 0.3) is 0 Å². The average Bonchev–Trinajstić information content (AvgIpc) is 3.49. The van der Waals surface area contributed by atoms with E-state index in [1.54, 1.807) is 11.8 Å². The number of anilines is 1. The summed E-state index contributed by atoms with van der Waals surface area (Å²) in [6.07, 6.45) is 10.9. The van der Waals surface area contributed by atoms with E-state index in [1.807, 2.05) is 36.9 Å². The molecule has 2 aromatic carbocycles. The van der Waals surface area contributed by atoms with Crippen molar-refractivity contribution >= 4 is 34.3 Å². The minimum absolute atomic E-state index is 0.121. The molecule has 5 aromatic rings. The number of benzene rings is 2. The third-order valence-corrected chi connectivity index (χ3v) is 8.92. The molecule has 1 aliphatic carbocycles. The number of para-hydroxylation sites is 1. The van der Waals surface area contributed by atoms with Crippen LogP contribution < -0.4 is 10.6 Å². The van der Waals surface area contributed by atoms with Crippen molar-refractivity contribution in [3.8, 4) is 0 Å². The SMILES string of the molecule is N[C@@H]1c2ccccc2CC12CCN(c1ncc(Sc3ccnc4ccccc34)c3nccn13)CC2. The zero-order valence-corrected chi connectivity index (χ0v) is 20.2. The lowest BCUT2D eigenvalue weighted by Crippen LogP contribution is -2.45. The van der Waals surface area contributed by atoms with Crippen LogP contribution in [-0.2, 0) is 6.42 Å². The van der Waals surface area contributed by atoms with Crippen molar-refractivity contribution in [3.05, 3.63) is 90.5 Å². The largest absolute Gasteiger partial charge is 0.342 e. The van der Waals surface area contributed by atoms with E-state index in [4.69, 9.17) is 15.7 Å². The molecule has 0 amide bonds. The highest BCUT2D eigenvalue weighted by molar-refractivity contribution is 7.99. The normalized spacial score (nSPS) is 19.0. The van der Waals surface area contributed by atoms with Crippen LogP contribution in [0.4, 0.5) is 5.95 Å². The van der Waals surface area contributed by atoms with Crippen molar-refractivity contribution in [1.82, 2.24) is 19.4 Å². The maximum absolute atomic E-state index is 6.79. The molecular formula is C28H26N6S. The van der Waals surface area contributed by atoms with Crippen LogP contribution in [0.1, 0.15) is 30.0 Å². The van der Waals surface area contributed by atoms with Gasteiger partial charge in [-0.2, -0.15) is 0 Å². The summed E-state index contributed by atoms with van der Waals surface area (Å²) in [6, 6.07) is 19.1. The molecule has 1 atom stereocenters. The van der Waals surface area contributed by atoms with Crippen LogP contribution in [0.25, 0.3) is 16.6 Å². The van der Waals surface area contributed by atoms with E-state index < -0.39 is 0 Å². The molecule has 2 N–H and O–H groups in total. The lowest BCUT2D eigenvalue weighted by molar-refractivity contribution is 0.186. The number of piperidine rings is 1. The summed E-state index contributed by atoms with van der Waals surface area (Å²) in [5.41, 5.74) is 11.6. The molecule has 7 heteroatoms. The maximum Gasteiger partial charge on any atom is 0.211 e. The minimum Gasteiger partial charge on any atom is -0.342 e. The first-order chi connectivity index (χ1) is 17.2. The van der Waals surface area contributed by atoms with Gasteiger partial charge >= 0.3 is 0 Å². The second-order valence-electron chi connectivity index (χ2n) is 9.67. The Morgan fingerprint density at radius 2 is 1.71 bits per heavy atom. The van der Waals surface area contributed by atoms with Gasteiger partial charge in [-0.25, -0.2) is 9.97 Å². The summed E-state index contributed by atoms with van der Waals surface area (Å²) in [4.78, 5) is 18.7. The van der Waals surface area contributed by atoms with Crippen LogP contribution in [0.5, 0.6) is 0 Å². The topological polar surface area (TPSA) is 72.3 Å². The fourth-order valence-corrected chi connectivity index (χ4v) is 6.92. The molecule has 174 valence electrons. The van der Waals surface area contributed by atoms with E-state index in [1.165, 1.54) is 11.1 Å². The molecule has 1 fully saturated rings. The van der Waals surface area contributed by atoms with Gasteiger partial charge in [0.05, 0.1) is 10.4 Å². The van der Waals surface area contributed by atoms with Crippen molar-refractivity contribution in [1.29, 1.82) is 0 Å². The second-order valence-corrected chi connectivity index (χ2v) is 10.8. The van der Waals surface area contributed by atoms with Crippen LogP contribution in [-0.4, -0.2) is 32.4 Å². The molecule has 7 rings (SSSR count). The summed E-state index contributed by atoms with van der Waals surface area (Å²) in [5.74, 6) is 0.959. The van der Waals surface area contributed by atoms with Crippen LogP contribution in [0.15, 0.2) is 89.2 Å². The van der Waals surface area contributed by atoms with Crippen molar-refractivity contribution in [2.75, 3.05) is 18.0 Å². The van der Waals surface area contributed by atoms with Gasteiger partial charge in [0.2, 0.25) is 5.95 Å². The van der Waals surface area contributed by atoms with Gasteiger partial charge < -0.3 is 10.6 Å². The summed E-state index contributed by atoms with van der Waals surface area (Å²) >= 11 is 1.69. The number of pyridine rings is 1. The summed E-state index contributed by atoms with van der Waals surface area (Å²) < 4.78 is 2.13. The van der Waals surface area contributed by atoms with Gasteiger partial charge in [-0.05, 0) is 47.9 Å². The van der Waals surface area contributed by atoms with Crippen LogP contribution in [0.2, 0.25) is 0 Å². The lowest BCUT2D eigenvalue weighted by Gasteiger charge is -2.42. The first-order valence-corrected chi connectivity index (χ1v) is 13.0. The van der Waals surface area contributed by atoms with Crippen LogP contribution in [0.3, 0.4) is 0 Å². The number of fused-ring (bicyclic) bond motifs is 3. The highest BCUT2D eigenvalue weighted by Gasteiger charge is 2.46. The van der Waals surface area contributed by atoms with Gasteiger partial charge in [0.15, 0.2) is 5.65 Å². The van der Waals surface area contributed by atoms with Crippen molar-refractivity contribution in [2.24, 2.45) is 11.1 Å². The number of hydrogen-bond acceptors (Lipinski definition) is 6. The quantitative estimate of drug-likeness (QED) is 0.381. The van der Waals surface area contributed by atoms with Crippen LogP contribution in [0, 0.1) is 5.41 Å². The Bertz CT molecular complexity index is 1550. The Morgan fingerprint density at radius 3 is 2.60 bits per heavy atom. The summed E-state index contributed by atoms with van der Waals surface area (Å²) in [5, 5.41) is 1.14. The molecule has 35 heavy (non-hydrogen) atoms. The number of hydrogen-bond donors (Lipinski definition) is 1. The van der Waals surface area contributed by atoms with E-state index >= 15 is 0 Å². The maximum atomic E-state index is 6.79. The van der Waals surface area contributed by atoms with Crippen molar-refractivity contribution in [2.45, 2.75) is 35.1 Å². The molecule has 4 heterocycles. The zero-order valence-electron chi connectivity index (χ0n) is 19.3. The monoisotopic (exact) mass is 478 g/mol. The minimum atomic E-state index is 0.121. The molecule has 2 aliphatic rings. The molecule has 3 aromatic heterocycles. The van der Waals surface area contributed by atoms with Gasteiger partial charge in [0, 0.05) is 54.2 Å². The van der Waals surface area contributed by atoms with Gasteiger partial charge in [0.1, 0.15) is 0 Å². The van der Waals surface area contributed by atoms with Crippen LogP contribution >= 0.6 is 11.8 Å². The lowest BCUT2D eigenvalue weighted by atomic mass is 9.73. The Balaban J connectivity index is 1.16. The number of aromatic nitrogens is 4. The highest BCUT2D eigenvalue weighted by atomic mass is 32.2. The number of nitrogens with two attached hydrogens (primary N) is 1. The fraction of sp³-hybridized carbons (Fsp3) is 0.250. The first kappa shape index (κ1) is 20.9. The molecule has 1 saturated heterocycles. The predicted molar refractivity (Wildman–Crippen MR) is 140 cm³/mol. The third-order valence-electron chi connectivity index (χ3n) is 7.84. The van der Waals surface area contributed by atoms with Gasteiger partial charge in [-0.15, -0.1) is 0 Å². The first-order valence-electron chi connectivity index (χ1n) is 12.1. The van der Waals surface area contributed by atoms with E-state index in [0.29, 0.717) is 0 Å². The standard InChI is InChI=1S/C28H26N6S/c29-25-20-6-2-1-5-19(20)17-28(25)10-14-33(15-11-28)27-32-18-24(26-31-13-16-34(26)27)35-23-9-12-30-22-8-4-3-7-21(22)23/h1-9,12-13,16,18,25H,10-11,14-15,17,29H2/t25-/m1/s1. The fourth-order valence-electron chi connectivity index (χ4n) is 5.92. The van der Waals surface area contributed by atoms with Crippen molar-refractivity contribution in [3.63, 3.8) is 0 Å². The highest BCUT2D eigenvalue weighted by Crippen LogP contribution is 2.51. The van der Waals surface area contributed by atoms with Gasteiger partial charge in [-0.3, -0.25) is 9.38 Å². The predicted octanol–water partition coefficient (Wildman–Crippen LogP) is 5.27. The molecule has 0 unspecified atom stereocenters. The van der Waals surface area contributed by atoms with E-state index in [0.717, 1.165) is 64.6 Å². The Hall–Kier alpha value is -3.42. The number of imidazole rings is 1. The van der Waals surface area contributed by atoms with E-state index in [2.05, 4.69) is 56.7 Å². The molecule has 6 nitrogen and oxygen atoms in total. The van der Waals surface area contributed by atoms with Crippen molar-refractivity contribution < 1.29 is 0 Å². The Kier molecular flexibility index (Phi) is 4.82. The third kappa shape index (κ3) is 3.33. The van der Waals surface area contributed by atoms with E-state index in [9.17, 15) is 0 Å².